The molecule has 1 heterocycles. The molecule has 0 unspecified atom stereocenters. The van der Waals surface area contributed by atoms with Crippen LogP contribution in [-0.4, -0.2) is 24.6 Å². The zero-order valence-corrected chi connectivity index (χ0v) is 16.2. The fourth-order valence-corrected chi connectivity index (χ4v) is 3.76. The first kappa shape index (κ1) is 18.1. The first-order chi connectivity index (χ1) is 13.7. The van der Waals surface area contributed by atoms with Crippen LogP contribution in [0.25, 0.3) is 0 Å². The van der Waals surface area contributed by atoms with E-state index in [4.69, 9.17) is 4.74 Å². The number of hydrogen-bond acceptors (Lipinski definition) is 2. The smallest absolute Gasteiger partial charge is 0.322 e. The predicted octanol–water partition coefficient (Wildman–Crippen LogP) is 5.18. The lowest BCUT2D eigenvalue weighted by Crippen LogP contribution is -2.43. The fourth-order valence-electron chi connectivity index (χ4n) is 3.76. The molecule has 142 valence electrons. The van der Waals surface area contributed by atoms with Crippen molar-refractivity contribution < 1.29 is 9.53 Å². The van der Waals surface area contributed by atoms with E-state index >= 15 is 0 Å². The fraction of sp³-hybridized carbons (Fsp3) is 0.208. The number of urea groups is 1. The molecule has 0 saturated carbocycles. The first-order valence-electron chi connectivity index (χ1n) is 9.52. The van der Waals surface area contributed by atoms with E-state index in [0.717, 1.165) is 23.4 Å². The number of carbonyl (C=O) groups excluding carboxylic acids is 1. The lowest BCUT2D eigenvalue weighted by molar-refractivity contribution is 0.194. The molecule has 28 heavy (non-hydrogen) atoms. The number of ether oxygens (including phenoxy) is 1. The molecule has 4 rings (SSSR count). The molecule has 0 radical (unpaired) electrons. The van der Waals surface area contributed by atoms with Crippen LogP contribution in [0.3, 0.4) is 0 Å². The van der Waals surface area contributed by atoms with Crippen molar-refractivity contribution in [3.05, 3.63) is 95.1 Å². The number of nitrogens with one attached hydrogen (secondary N) is 1. The summed E-state index contributed by atoms with van der Waals surface area (Å²) in [4.78, 5) is 15.1. The number of methoxy groups -OCH3 is 1. The van der Waals surface area contributed by atoms with Crippen LogP contribution >= 0.6 is 0 Å². The average Bonchev–Trinajstić information content (AvgIpc) is 2.74. The van der Waals surface area contributed by atoms with Crippen molar-refractivity contribution in [1.82, 2.24) is 4.90 Å². The number of nitrogens with zero attached hydrogens (tertiary/aromatic N) is 1. The Bertz CT molecular complexity index is 965. The summed E-state index contributed by atoms with van der Waals surface area (Å²) in [5.74, 6) is 0.766. The Morgan fingerprint density at radius 2 is 1.71 bits per heavy atom. The maximum atomic E-state index is 13.2. The molecule has 0 bridgehead atoms. The third-order valence-electron chi connectivity index (χ3n) is 5.28. The summed E-state index contributed by atoms with van der Waals surface area (Å²) in [5, 5.41) is 3.04. The van der Waals surface area contributed by atoms with Crippen LogP contribution in [0.4, 0.5) is 10.5 Å². The lowest BCUT2D eigenvalue weighted by atomic mass is 9.88. The van der Waals surface area contributed by atoms with Gasteiger partial charge in [-0.25, -0.2) is 4.79 Å². The van der Waals surface area contributed by atoms with Gasteiger partial charge < -0.3 is 15.0 Å². The minimum atomic E-state index is -0.0937. The molecule has 1 aliphatic heterocycles. The number of fused-ring (bicyclic) bond motifs is 1. The standard InChI is InChI=1S/C24H24N2O2/c1-17-7-9-19(10-8-17)23-22-6-4-3-5-18(22)15-16-26(23)24(27)25-20-11-13-21(28-2)14-12-20/h3-14,23H,15-16H2,1-2H3,(H,25,27)/t23-/m0/s1. The van der Waals surface area contributed by atoms with E-state index in [1.54, 1.807) is 7.11 Å². The van der Waals surface area contributed by atoms with Crippen LogP contribution in [0, 0.1) is 6.92 Å². The topological polar surface area (TPSA) is 41.6 Å². The second-order valence-corrected chi connectivity index (χ2v) is 7.11. The van der Waals surface area contributed by atoms with Crippen molar-refractivity contribution in [2.45, 2.75) is 19.4 Å². The molecule has 2 amide bonds. The van der Waals surface area contributed by atoms with Crippen molar-refractivity contribution in [2.75, 3.05) is 19.0 Å². The Balaban J connectivity index is 1.65. The van der Waals surface area contributed by atoms with Gasteiger partial charge in [-0.15, -0.1) is 0 Å². The van der Waals surface area contributed by atoms with Crippen molar-refractivity contribution in [2.24, 2.45) is 0 Å². The van der Waals surface area contributed by atoms with E-state index in [1.807, 2.05) is 35.2 Å². The minimum absolute atomic E-state index is 0.0924. The van der Waals surface area contributed by atoms with Crippen molar-refractivity contribution in [3.8, 4) is 5.75 Å². The molecule has 0 aromatic heterocycles. The molecule has 0 fully saturated rings. The van der Waals surface area contributed by atoms with Crippen LogP contribution in [0.2, 0.25) is 0 Å². The maximum Gasteiger partial charge on any atom is 0.322 e. The summed E-state index contributed by atoms with van der Waals surface area (Å²) in [6.45, 7) is 2.75. The highest BCUT2D eigenvalue weighted by Crippen LogP contribution is 2.35. The molecule has 3 aromatic carbocycles. The van der Waals surface area contributed by atoms with Crippen molar-refractivity contribution in [1.29, 1.82) is 0 Å². The third kappa shape index (κ3) is 3.58. The van der Waals surface area contributed by atoms with Crippen molar-refractivity contribution in [3.63, 3.8) is 0 Å². The summed E-state index contributed by atoms with van der Waals surface area (Å²) in [5.41, 5.74) is 5.60. The zero-order chi connectivity index (χ0) is 19.5. The lowest BCUT2D eigenvalue weighted by Gasteiger charge is -2.37. The maximum absolute atomic E-state index is 13.2. The van der Waals surface area contributed by atoms with E-state index in [0.29, 0.717) is 6.54 Å². The first-order valence-corrected chi connectivity index (χ1v) is 9.52. The number of anilines is 1. The summed E-state index contributed by atoms with van der Waals surface area (Å²) >= 11 is 0. The SMILES string of the molecule is COc1ccc(NC(=O)N2CCc3ccccc3[C@@H]2c2ccc(C)cc2)cc1. The number of benzene rings is 3. The molecule has 3 aromatic rings. The summed E-state index contributed by atoms with van der Waals surface area (Å²) in [6.07, 6.45) is 0.856. The number of hydrogen-bond donors (Lipinski definition) is 1. The predicted molar refractivity (Wildman–Crippen MR) is 112 cm³/mol. The second-order valence-electron chi connectivity index (χ2n) is 7.11. The Hall–Kier alpha value is -3.27. The van der Waals surface area contributed by atoms with Gasteiger partial charge in [-0.3, -0.25) is 0 Å². The van der Waals surface area contributed by atoms with Gasteiger partial charge in [-0.05, 0) is 54.3 Å². The molecular weight excluding hydrogens is 348 g/mol. The highest BCUT2D eigenvalue weighted by molar-refractivity contribution is 5.90. The largest absolute Gasteiger partial charge is 0.497 e. The van der Waals surface area contributed by atoms with Gasteiger partial charge in [0.15, 0.2) is 0 Å². The molecule has 1 atom stereocenters. The van der Waals surface area contributed by atoms with Gasteiger partial charge in [0.05, 0.1) is 13.2 Å². The van der Waals surface area contributed by atoms with Crippen molar-refractivity contribution >= 4 is 11.7 Å². The van der Waals surface area contributed by atoms with Crippen LogP contribution in [-0.2, 0) is 6.42 Å². The van der Waals surface area contributed by atoms with Gasteiger partial charge in [0.2, 0.25) is 0 Å². The molecular formula is C24H24N2O2. The monoisotopic (exact) mass is 372 g/mol. The number of carbonyl (C=O) groups is 1. The molecule has 1 N–H and O–H groups in total. The van der Waals surface area contributed by atoms with Gasteiger partial charge in [0.25, 0.3) is 0 Å². The molecule has 4 heteroatoms. The highest BCUT2D eigenvalue weighted by Gasteiger charge is 2.31. The Morgan fingerprint density at radius 1 is 1.00 bits per heavy atom. The Morgan fingerprint density at radius 3 is 2.43 bits per heavy atom. The molecule has 4 nitrogen and oxygen atoms in total. The number of amides is 2. The average molecular weight is 372 g/mol. The molecule has 0 saturated heterocycles. The summed E-state index contributed by atoms with van der Waals surface area (Å²) in [6, 6.07) is 24.1. The molecule has 0 spiro atoms. The van der Waals surface area contributed by atoms with Crippen LogP contribution in [0.15, 0.2) is 72.8 Å². The summed E-state index contributed by atoms with van der Waals surface area (Å²) in [7, 11) is 1.63. The van der Waals surface area contributed by atoms with Crippen LogP contribution < -0.4 is 10.1 Å². The highest BCUT2D eigenvalue weighted by atomic mass is 16.5. The van der Waals surface area contributed by atoms with E-state index in [1.165, 1.54) is 16.7 Å². The summed E-state index contributed by atoms with van der Waals surface area (Å²) < 4.78 is 5.19. The number of rotatable bonds is 3. The van der Waals surface area contributed by atoms with E-state index in [9.17, 15) is 4.79 Å². The van der Waals surface area contributed by atoms with E-state index in [2.05, 4.69) is 54.7 Å². The van der Waals surface area contributed by atoms with Crippen LogP contribution in [0.5, 0.6) is 5.75 Å². The second kappa shape index (κ2) is 7.77. The number of aryl methyl sites for hydroxylation is 1. The van der Waals surface area contributed by atoms with Crippen LogP contribution in [0.1, 0.15) is 28.3 Å². The zero-order valence-electron chi connectivity index (χ0n) is 16.2. The van der Waals surface area contributed by atoms with E-state index < -0.39 is 0 Å². The van der Waals surface area contributed by atoms with Gasteiger partial charge in [-0.2, -0.15) is 0 Å². The van der Waals surface area contributed by atoms with Gasteiger partial charge >= 0.3 is 6.03 Å². The van der Waals surface area contributed by atoms with E-state index in [-0.39, 0.29) is 12.1 Å². The molecule has 1 aliphatic rings. The quantitative estimate of drug-likeness (QED) is 0.688. The Kier molecular flexibility index (Phi) is 5.02. The molecule has 0 aliphatic carbocycles. The van der Waals surface area contributed by atoms with Gasteiger partial charge in [-0.1, -0.05) is 54.1 Å². The minimum Gasteiger partial charge on any atom is -0.497 e. The Labute approximate surface area is 165 Å². The van der Waals surface area contributed by atoms with Gasteiger partial charge in [0.1, 0.15) is 5.75 Å². The van der Waals surface area contributed by atoms with Gasteiger partial charge in [0, 0.05) is 12.2 Å². The normalized spacial score (nSPS) is 15.6. The third-order valence-corrected chi connectivity index (χ3v) is 5.28.